The second-order valence-corrected chi connectivity index (χ2v) is 3.46. The first kappa shape index (κ1) is 11.4. The van der Waals surface area contributed by atoms with Gasteiger partial charge in [-0.2, -0.15) is 18.3 Å². The number of carbonyl (C=O) groups excluding carboxylic acids is 1. The van der Waals surface area contributed by atoms with Gasteiger partial charge in [-0.25, -0.2) is 5.43 Å². The molecule has 1 aromatic carbocycles. The van der Waals surface area contributed by atoms with Crippen LogP contribution in [0.4, 0.5) is 18.9 Å². The molecule has 1 N–H and O–H groups in total. The molecule has 0 unspecified atom stereocenters. The first-order chi connectivity index (χ1) is 7.97. The largest absolute Gasteiger partial charge is 0.416 e. The van der Waals surface area contributed by atoms with Gasteiger partial charge in [0.15, 0.2) is 0 Å². The third kappa shape index (κ3) is 2.55. The van der Waals surface area contributed by atoms with Gasteiger partial charge in [0.2, 0.25) is 0 Å². The maximum Gasteiger partial charge on any atom is 0.416 e. The molecule has 4 nitrogen and oxygen atoms in total. The van der Waals surface area contributed by atoms with Crippen molar-refractivity contribution in [3.05, 3.63) is 29.8 Å². The minimum absolute atomic E-state index is 0.0508. The molecular formula is C10H8F3N3O. The van der Waals surface area contributed by atoms with Crippen molar-refractivity contribution in [2.24, 2.45) is 5.10 Å². The van der Waals surface area contributed by atoms with Crippen LogP contribution in [0.1, 0.15) is 5.56 Å². The number of alkyl halides is 3. The number of benzene rings is 1. The number of rotatable bonds is 1. The van der Waals surface area contributed by atoms with Crippen LogP contribution in [0.15, 0.2) is 29.4 Å². The molecule has 17 heavy (non-hydrogen) atoms. The Morgan fingerprint density at radius 1 is 1.35 bits per heavy atom. The van der Waals surface area contributed by atoms with E-state index in [2.05, 4.69) is 10.5 Å². The summed E-state index contributed by atoms with van der Waals surface area (Å²) in [4.78, 5) is 12.4. The zero-order valence-corrected chi connectivity index (χ0v) is 8.53. The minimum atomic E-state index is -4.40. The Hall–Kier alpha value is -2.05. The van der Waals surface area contributed by atoms with Crippen molar-refractivity contribution < 1.29 is 18.0 Å². The van der Waals surface area contributed by atoms with Crippen LogP contribution in [0.2, 0.25) is 0 Å². The predicted molar refractivity (Wildman–Crippen MR) is 55.4 cm³/mol. The molecule has 0 saturated carbocycles. The molecule has 90 valence electrons. The van der Waals surface area contributed by atoms with Crippen LogP contribution in [0.5, 0.6) is 0 Å². The third-order valence-corrected chi connectivity index (χ3v) is 2.21. The van der Waals surface area contributed by atoms with Crippen LogP contribution in [0, 0.1) is 0 Å². The lowest BCUT2D eigenvalue weighted by molar-refractivity contribution is -0.137. The summed E-state index contributed by atoms with van der Waals surface area (Å²) in [5.41, 5.74) is 1.71. The van der Waals surface area contributed by atoms with Crippen molar-refractivity contribution in [2.45, 2.75) is 6.18 Å². The lowest BCUT2D eigenvalue weighted by Crippen LogP contribution is -2.39. The van der Waals surface area contributed by atoms with E-state index in [9.17, 15) is 18.0 Å². The highest BCUT2D eigenvalue weighted by atomic mass is 19.4. The highest BCUT2D eigenvalue weighted by Crippen LogP contribution is 2.31. The number of carbonyl (C=O) groups is 1. The lowest BCUT2D eigenvalue weighted by atomic mass is 10.2. The zero-order chi connectivity index (χ0) is 12.5. The lowest BCUT2D eigenvalue weighted by Gasteiger charge is -2.22. The molecule has 1 aliphatic rings. The van der Waals surface area contributed by atoms with Crippen molar-refractivity contribution >= 4 is 17.9 Å². The van der Waals surface area contributed by atoms with Crippen LogP contribution >= 0.6 is 0 Å². The minimum Gasteiger partial charge on any atom is -0.321 e. The highest BCUT2D eigenvalue weighted by molar-refractivity contribution is 5.93. The highest BCUT2D eigenvalue weighted by Gasteiger charge is 2.31. The first-order valence-electron chi connectivity index (χ1n) is 4.73. The molecule has 1 amide bonds. The summed E-state index contributed by atoms with van der Waals surface area (Å²) in [6, 6.07) is 4.73. The fraction of sp³-hybridized carbons (Fsp3) is 0.200. The molecule has 0 atom stereocenters. The van der Waals surface area contributed by atoms with E-state index in [0.29, 0.717) is 0 Å². The molecule has 1 aromatic rings. The van der Waals surface area contributed by atoms with Crippen LogP contribution < -0.4 is 10.3 Å². The number of hydrogen-bond acceptors (Lipinski definition) is 3. The van der Waals surface area contributed by atoms with Gasteiger partial charge in [-0.05, 0) is 18.2 Å². The molecule has 7 heteroatoms. The molecule has 0 bridgehead atoms. The molecule has 0 aliphatic carbocycles. The van der Waals surface area contributed by atoms with Gasteiger partial charge < -0.3 is 4.90 Å². The molecule has 0 aromatic heterocycles. The van der Waals surface area contributed by atoms with Crippen molar-refractivity contribution in [2.75, 3.05) is 11.4 Å². The fourth-order valence-electron chi connectivity index (χ4n) is 1.42. The molecule has 1 aliphatic heterocycles. The summed E-state index contributed by atoms with van der Waals surface area (Å²) in [6.45, 7) is -0.0508. The molecule has 2 rings (SSSR count). The SMILES string of the molecule is O=C1CN(c2cccc(C(F)(F)F)c2)C=NN1. The average molecular weight is 243 g/mol. The Kier molecular flexibility index (Phi) is 2.74. The van der Waals surface area contributed by atoms with Gasteiger partial charge in [0, 0.05) is 5.69 Å². The summed E-state index contributed by atoms with van der Waals surface area (Å²) in [5, 5.41) is 3.53. The van der Waals surface area contributed by atoms with Gasteiger partial charge >= 0.3 is 6.18 Å². The Labute approximate surface area is 94.7 Å². The Morgan fingerprint density at radius 3 is 2.76 bits per heavy atom. The van der Waals surface area contributed by atoms with Gasteiger partial charge in [-0.3, -0.25) is 4.79 Å². The van der Waals surface area contributed by atoms with E-state index in [1.807, 2.05) is 0 Å². The van der Waals surface area contributed by atoms with E-state index in [0.717, 1.165) is 12.1 Å². The van der Waals surface area contributed by atoms with Crippen LogP contribution in [0.3, 0.4) is 0 Å². The van der Waals surface area contributed by atoms with E-state index < -0.39 is 11.7 Å². The molecule has 0 fully saturated rings. The van der Waals surface area contributed by atoms with Crippen molar-refractivity contribution in [1.29, 1.82) is 0 Å². The summed E-state index contributed by atoms with van der Waals surface area (Å²) in [6.07, 6.45) is -3.12. The van der Waals surface area contributed by atoms with Gasteiger partial charge in [0.05, 0.1) is 5.56 Å². The summed E-state index contributed by atoms with van der Waals surface area (Å²) in [5.74, 6) is -0.370. The maximum absolute atomic E-state index is 12.5. The van der Waals surface area contributed by atoms with E-state index in [1.54, 1.807) is 0 Å². The first-order valence-corrected chi connectivity index (χ1v) is 4.73. The van der Waals surface area contributed by atoms with Gasteiger partial charge in [0.25, 0.3) is 5.91 Å². The second kappa shape index (κ2) is 4.08. The average Bonchev–Trinajstić information content (AvgIpc) is 2.28. The molecule has 1 heterocycles. The molecule has 0 radical (unpaired) electrons. The summed E-state index contributed by atoms with van der Waals surface area (Å²) < 4.78 is 37.4. The standard InChI is InChI=1S/C10H8F3N3O/c11-10(12,13)7-2-1-3-8(4-7)16-5-9(17)15-14-6-16/h1-4,6H,5H2,(H,15,17). The van der Waals surface area contributed by atoms with Gasteiger partial charge in [0.1, 0.15) is 12.9 Å². The monoisotopic (exact) mass is 243 g/mol. The van der Waals surface area contributed by atoms with E-state index in [1.165, 1.54) is 23.4 Å². The number of halogens is 3. The summed E-state index contributed by atoms with van der Waals surface area (Å²) in [7, 11) is 0. The summed E-state index contributed by atoms with van der Waals surface area (Å²) >= 11 is 0. The van der Waals surface area contributed by atoms with E-state index >= 15 is 0 Å². The maximum atomic E-state index is 12.5. The normalized spacial score (nSPS) is 15.9. The zero-order valence-electron chi connectivity index (χ0n) is 8.53. The Morgan fingerprint density at radius 2 is 2.12 bits per heavy atom. The van der Waals surface area contributed by atoms with Crippen molar-refractivity contribution in [1.82, 2.24) is 5.43 Å². The smallest absolute Gasteiger partial charge is 0.321 e. The number of nitrogens with zero attached hydrogens (tertiary/aromatic N) is 2. The number of nitrogens with one attached hydrogen (secondary N) is 1. The second-order valence-electron chi connectivity index (χ2n) is 3.46. The van der Waals surface area contributed by atoms with E-state index in [4.69, 9.17) is 0 Å². The van der Waals surface area contributed by atoms with Crippen LogP contribution in [-0.4, -0.2) is 18.8 Å². The number of amides is 1. The molecule has 0 spiro atoms. The third-order valence-electron chi connectivity index (χ3n) is 2.21. The number of hydrogen-bond donors (Lipinski definition) is 1. The number of hydrazone groups is 1. The quantitative estimate of drug-likeness (QED) is 0.814. The van der Waals surface area contributed by atoms with Crippen LogP contribution in [-0.2, 0) is 11.0 Å². The fourth-order valence-corrected chi connectivity index (χ4v) is 1.42. The van der Waals surface area contributed by atoms with E-state index in [-0.39, 0.29) is 18.1 Å². The number of anilines is 1. The predicted octanol–water partition coefficient (Wildman–Crippen LogP) is 1.58. The Balaban J connectivity index is 2.30. The van der Waals surface area contributed by atoms with Crippen LogP contribution in [0.25, 0.3) is 0 Å². The Bertz CT molecular complexity index is 470. The van der Waals surface area contributed by atoms with Gasteiger partial charge in [-0.15, -0.1) is 0 Å². The molecule has 0 saturated heterocycles. The van der Waals surface area contributed by atoms with Gasteiger partial charge in [-0.1, -0.05) is 6.07 Å². The van der Waals surface area contributed by atoms with Crippen molar-refractivity contribution in [3.63, 3.8) is 0 Å². The van der Waals surface area contributed by atoms with Crippen molar-refractivity contribution in [3.8, 4) is 0 Å². The topological polar surface area (TPSA) is 44.7 Å². The molecular weight excluding hydrogens is 235 g/mol.